The maximum atomic E-state index is 9.35. The fourth-order valence-corrected chi connectivity index (χ4v) is 3.02. The number of phenols is 1. The molecule has 0 amide bonds. The Morgan fingerprint density at radius 3 is 2.36 bits per heavy atom. The van der Waals surface area contributed by atoms with Gasteiger partial charge in [0, 0.05) is 18.6 Å². The molecule has 0 radical (unpaired) electrons. The van der Waals surface area contributed by atoms with E-state index in [9.17, 15) is 5.11 Å². The lowest BCUT2D eigenvalue weighted by Crippen LogP contribution is -2.54. The van der Waals surface area contributed by atoms with Crippen molar-refractivity contribution >= 4 is 29.9 Å². The molecule has 0 bridgehead atoms. The Bertz CT molecular complexity index is 525. The van der Waals surface area contributed by atoms with Crippen molar-refractivity contribution in [1.29, 1.82) is 0 Å². The van der Waals surface area contributed by atoms with E-state index < -0.39 is 0 Å². The molecule has 142 valence electrons. The van der Waals surface area contributed by atoms with Crippen molar-refractivity contribution in [3.63, 3.8) is 0 Å². The minimum absolute atomic E-state index is 0. The molecule has 3 N–H and O–H groups in total. The average molecular weight is 460 g/mol. The van der Waals surface area contributed by atoms with E-state index in [1.165, 1.54) is 32.4 Å². The summed E-state index contributed by atoms with van der Waals surface area (Å²) >= 11 is 0. The summed E-state index contributed by atoms with van der Waals surface area (Å²) in [6, 6.07) is 7.20. The van der Waals surface area contributed by atoms with Gasteiger partial charge in [0.1, 0.15) is 5.75 Å². The van der Waals surface area contributed by atoms with Crippen molar-refractivity contribution in [2.75, 3.05) is 26.2 Å². The monoisotopic (exact) mass is 460 g/mol. The van der Waals surface area contributed by atoms with Crippen molar-refractivity contribution in [3.8, 4) is 5.75 Å². The fourth-order valence-electron chi connectivity index (χ4n) is 3.02. The highest BCUT2D eigenvalue weighted by molar-refractivity contribution is 14.0. The normalized spacial score (nSPS) is 16.2. The predicted octanol–water partition coefficient (Wildman–Crippen LogP) is 3.33. The number of phenolic OH excluding ortho intramolecular Hbond substituents is 1. The van der Waals surface area contributed by atoms with E-state index in [0.717, 1.165) is 24.6 Å². The van der Waals surface area contributed by atoms with Gasteiger partial charge in [-0.2, -0.15) is 0 Å². The van der Waals surface area contributed by atoms with Crippen LogP contribution in [0.1, 0.15) is 45.6 Å². The van der Waals surface area contributed by atoms with Gasteiger partial charge in [-0.25, -0.2) is 4.99 Å². The quantitative estimate of drug-likeness (QED) is 0.346. The highest BCUT2D eigenvalue weighted by Crippen LogP contribution is 2.19. The topological polar surface area (TPSA) is 59.9 Å². The van der Waals surface area contributed by atoms with Crippen LogP contribution >= 0.6 is 24.0 Å². The number of benzene rings is 1. The van der Waals surface area contributed by atoms with Gasteiger partial charge in [-0.15, -0.1) is 24.0 Å². The molecule has 1 fully saturated rings. The third-order valence-corrected chi connectivity index (χ3v) is 4.60. The number of piperidine rings is 1. The first kappa shape index (κ1) is 22.0. The minimum atomic E-state index is 0. The lowest BCUT2D eigenvalue weighted by Gasteiger charge is -2.41. The summed E-state index contributed by atoms with van der Waals surface area (Å²) in [6.45, 7) is 11.4. The molecule has 1 saturated heterocycles. The summed E-state index contributed by atoms with van der Waals surface area (Å²) in [7, 11) is 0. The van der Waals surface area contributed by atoms with Gasteiger partial charge in [-0.3, -0.25) is 4.90 Å². The van der Waals surface area contributed by atoms with Crippen molar-refractivity contribution in [2.24, 2.45) is 4.99 Å². The number of nitrogens with one attached hydrogen (secondary N) is 2. The summed E-state index contributed by atoms with van der Waals surface area (Å²) < 4.78 is 0. The van der Waals surface area contributed by atoms with E-state index in [-0.39, 0.29) is 35.3 Å². The maximum absolute atomic E-state index is 9.35. The van der Waals surface area contributed by atoms with Crippen LogP contribution in [-0.2, 0) is 6.54 Å². The Hall–Kier alpha value is -1.02. The van der Waals surface area contributed by atoms with Crippen LogP contribution in [0.4, 0.5) is 0 Å². The molecule has 6 heteroatoms. The van der Waals surface area contributed by atoms with E-state index in [1.54, 1.807) is 12.1 Å². The first-order chi connectivity index (χ1) is 11.5. The number of guanidine groups is 1. The van der Waals surface area contributed by atoms with E-state index in [4.69, 9.17) is 0 Å². The van der Waals surface area contributed by atoms with Crippen LogP contribution in [0.2, 0.25) is 0 Å². The number of aliphatic imine (C=N–C) groups is 1. The summed E-state index contributed by atoms with van der Waals surface area (Å²) in [5, 5.41) is 16.1. The summed E-state index contributed by atoms with van der Waals surface area (Å²) in [5.74, 6) is 1.13. The van der Waals surface area contributed by atoms with Crippen LogP contribution in [0.25, 0.3) is 0 Å². The Labute approximate surface area is 169 Å². The molecule has 0 saturated carbocycles. The Balaban J connectivity index is 0.00000312. The zero-order chi connectivity index (χ0) is 17.4. The number of rotatable bonds is 6. The number of hydrogen-bond donors (Lipinski definition) is 3. The van der Waals surface area contributed by atoms with Crippen LogP contribution in [-0.4, -0.2) is 47.7 Å². The number of aromatic hydroxyl groups is 1. The second kappa shape index (κ2) is 10.9. The van der Waals surface area contributed by atoms with Gasteiger partial charge in [-0.05, 0) is 64.4 Å². The maximum Gasteiger partial charge on any atom is 0.191 e. The zero-order valence-electron chi connectivity index (χ0n) is 15.7. The zero-order valence-corrected chi connectivity index (χ0v) is 18.0. The van der Waals surface area contributed by atoms with Gasteiger partial charge in [0.05, 0.1) is 6.54 Å². The molecule has 1 heterocycles. The number of nitrogens with zero attached hydrogens (tertiary/aromatic N) is 2. The molecule has 1 aliphatic rings. The van der Waals surface area contributed by atoms with E-state index in [1.807, 2.05) is 12.1 Å². The van der Waals surface area contributed by atoms with Crippen LogP contribution in [0.3, 0.4) is 0 Å². The molecule has 0 aromatic heterocycles. The molecule has 2 rings (SSSR count). The summed E-state index contributed by atoms with van der Waals surface area (Å²) in [5.41, 5.74) is 1.20. The molecule has 0 aliphatic carbocycles. The van der Waals surface area contributed by atoms with E-state index in [0.29, 0.717) is 6.54 Å². The standard InChI is InChI=1S/C19H32N4O.HI/c1-4-20-18(21-14-16-8-10-17(24)11-9-16)22-15-19(2,3)23-12-6-5-7-13-23;/h8-11,24H,4-7,12-15H2,1-3H3,(H2,20,21,22);1H. The van der Waals surface area contributed by atoms with Gasteiger partial charge in [0.25, 0.3) is 0 Å². The van der Waals surface area contributed by atoms with E-state index >= 15 is 0 Å². The molecule has 25 heavy (non-hydrogen) atoms. The van der Waals surface area contributed by atoms with Crippen molar-refractivity contribution in [3.05, 3.63) is 29.8 Å². The fraction of sp³-hybridized carbons (Fsp3) is 0.632. The molecule has 1 aromatic carbocycles. The third-order valence-electron chi connectivity index (χ3n) is 4.60. The first-order valence-corrected chi connectivity index (χ1v) is 9.06. The first-order valence-electron chi connectivity index (χ1n) is 9.06. The Morgan fingerprint density at radius 1 is 1.12 bits per heavy atom. The van der Waals surface area contributed by atoms with Gasteiger partial charge >= 0.3 is 0 Å². The van der Waals surface area contributed by atoms with E-state index in [2.05, 4.69) is 41.3 Å². The molecular formula is C19H33IN4O. The highest BCUT2D eigenvalue weighted by Gasteiger charge is 2.27. The predicted molar refractivity (Wildman–Crippen MR) is 116 cm³/mol. The van der Waals surface area contributed by atoms with Crippen molar-refractivity contribution < 1.29 is 5.11 Å². The molecule has 1 aromatic rings. The minimum Gasteiger partial charge on any atom is -0.508 e. The molecular weight excluding hydrogens is 427 g/mol. The largest absolute Gasteiger partial charge is 0.508 e. The Morgan fingerprint density at radius 2 is 1.76 bits per heavy atom. The van der Waals surface area contributed by atoms with Crippen LogP contribution in [0.5, 0.6) is 5.75 Å². The number of likely N-dealkylation sites (tertiary alicyclic amines) is 1. The third kappa shape index (κ3) is 7.40. The second-order valence-corrected chi connectivity index (χ2v) is 7.08. The molecule has 1 aliphatic heterocycles. The van der Waals surface area contributed by atoms with Gasteiger partial charge in [-0.1, -0.05) is 18.6 Å². The number of halogens is 1. The summed E-state index contributed by atoms with van der Waals surface area (Å²) in [4.78, 5) is 7.23. The highest BCUT2D eigenvalue weighted by atomic mass is 127. The van der Waals surface area contributed by atoms with Gasteiger partial charge in [0.15, 0.2) is 5.96 Å². The lowest BCUT2D eigenvalue weighted by molar-refractivity contribution is 0.0982. The average Bonchev–Trinajstić information content (AvgIpc) is 2.59. The SMILES string of the molecule is CCNC(=NCc1ccc(O)cc1)NCC(C)(C)N1CCCCC1.I. The number of hydrogen-bond acceptors (Lipinski definition) is 3. The smallest absolute Gasteiger partial charge is 0.191 e. The molecule has 0 atom stereocenters. The summed E-state index contributed by atoms with van der Waals surface area (Å²) in [6.07, 6.45) is 3.97. The van der Waals surface area contributed by atoms with Crippen LogP contribution < -0.4 is 10.6 Å². The van der Waals surface area contributed by atoms with Crippen molar-refractivity contribution in [2.45, 2.75) is 52.1 Å². The van der Waals surface area contributed by atoms with Crippen LogP contribution in [0, 0.1) is 0 Å². The van der Waals surface area contributed by atoms with Crippen LogP contribution in [0.15, 0.2) is 29.3 Å². The van der Waals surface area contributed by atoms with Gasteiger partial charge in [0.2, 0.25) is 0 Å². The van der Waals surface area contributed by atoms with Crippen molar-refractivity contribution in [1.82, 2.24) is 15.5 Å². The lowest BCUT2D eigenvalue weighted by atomic mass is 9.98. The molecule has 5 nitrogen and oxygen atoms in total. The second-order valence-electron chi connectivity index (χ2n) is 7.08. The van der Waals surface area contributed by atoms with Gasteiger partial charge < -0.3 is 15.7 Å². The molecule has 0 spiro atoms. The Kier molecular flexibility index (Phi) is 9.56. The molecule has 0 unspecified atom stereocenters.